The van der Waals surface area contributed by atoms with Gasteiger partial charge in [-0.1, -0.05) is 36.4 Å². The van der Waals surface area contributed by atoms with Gasteiger partial charge in [0.1, 0.15) is 0 Å². The fourth-order valence-electron chi connectivity index (χ4n) is 2.28. The van der Waals surface area contributed by atoms with Gasteiger partial charge in [0.2, 0.25) is 5.91 Å². The molecule has 2 aromatic carbocycles. The molecule has 1 amide bonds. The molecule has 0 saturated carbocycles. The topological polar surface area (TPSA) is 46.2 Å². The molecular weight excluding hydrogens is 294 g/mol. The predicted octanol–water partition coefficient (Wildman–Crippen LogP) is 4.50. The van der Waals surface area contributed by atoms with Gasteiger partial charge in [0, 0.05) is 18.5 Å². The first-order chi connectivity index (χ1) is 10.7. The minimum atomic E-state index is -0.139. The number of hydrogen-bond donors (Lipinski definition) is 1. The molecule has 0 bridgehead atoms. The first-order valence-corrected chi connectivity index (χ1v) is 7.96. The molecule has 0 aliphatic carbocycles. The van der Waals surface area contributed by atoms with Crippen LogP contribution in [0.15, 0.2) is 60.0 Å². The first kappa shape index (κ1) is 14.5. The third-order valence-corrected chi connectivity index (χ3v) is 4.32. The van der Waals surface area contributed by atoms with Gasteiger partial charge in [0.05, 0.1) is 4.88 Å². The van der Waals surface area contributed by atoms with Crippen LogP contribution in [0.1, 0.15) is 22.5 Å². The van der Waals surface area contributed by atoms with Gasteiger partial charge in [-0.25, -0.2) is 0 Å². The van der Waals surface area contributed by atoms with Crippen LogP contribution >= 0.6 is 11.3 Å². The predicted molar refractivity (Wildman–Crippen MR) is 90.5 cm³/mol. The maximum atomic E-state index is 12.0. The second-order valence-electron chi connectivity index (χ2n) is 5.01. The molecule has 3 rings (SSSR count). The van der Waals surface area contributed by atoms with Gasteiger partial charge < -0.3 is 5.32 Å². The molecular formula is C18H15NO2S. The second-order valence-corrected chi connectivity index (χ2v) is 5.96. The zero-order valence-corrected chi connectivity index (χ0v) is 12.7. The average molecular weight is 309 g/mol. The molecule has 3 nitrogen and oxygen atoms in total. The van der Waals surface area contributed by atoms with Crippen LogP contribution in [-0.4, -0.2) is 11.7 Å². The number of carbonyl (C=O) groups excluding carboxylic acids is 2. The Morgan fingerprint density at radius 3 is 2.50 bits per heavy atom. The second kappa shape index (κ2) is 6.54. The molecule has 1 aromatic heterocycles. The van der Waals surface area contributed by atoms with Gasteiger partial charge in [-0.2, -0.15) is 0 Å². The van der Waals surface area contributed by atoms with E-state index in [1.54, 1.807) is 6.07 Å². The monoisotopic (exact) mass is 309 g/mol. The van der Waals surface area contributed by atoms with Crippen LogP contribution in [0.5, 0.6) is 0 Å². The number of Topliss-reactive ketones (excluding diaryl/α,β-unsaturated/α-hetero) is 1. The van der Waals surface area contributed by atoms with Crippen molar-refractivity contribution in [3.63, 3.8) is 0 Å². The maximum Gasteiger partial charge on any atom is 0.224 e. The van der Waals surface area contributed by atoms with Crippen molar-refractivity contribution in [2.75, 3.05) is 5.32 Å². The summed E-state index contributed by atoms with van der Waals surface area (Å²) in [5, 5.41) is 6.92. The van der Waals surface area contributed by atoms with Crippen molar-refractivity contribution in [3.05, 3.63) is 64.9 Å². The van der Waals surface area contributed by atoms with Crippen molar-refractivity contribution in [1.29, 1.82) is 0 Å². The number of hydrogen-bond acceptors (Lipinski definition) is 3. The number of carbonyl (C=O) groups is 2. The molecule has 0 radical (unpaired) electrons. The quantitative estimate of drug-likeness (QED) is 0.705. The number of anilines is 1. The fraction of sp³-hybridized carbons (Fsp3) is 0.111. The summed E-state index contributed by atoms with van der Waals surface area (Å²) in [6.07, 6.45) is 0.434. The standard InChI is InChI=1S/C18H15NO2S/c20-16(17-6-3-11-22-17)9-10-18(21)19-15-8-7-13-4-1-2-5-14(13)12-15/h1-8,11-12H,9-10H2,(H,19,21). The Hall–Kier alpha value is -2.46. The lowest BCUT2D eigenvalue weighted by Crippen LogP contribution is -2.13. The summed E-state index contributed by atoms with van der Waals surface area (Å²) in [5.41, 5.74) is 0.757. The van der Waals surface area contributed by atoms with E-state index in [1.165, 1.54) is 11.3 Å². The van der Waals surface area contributed by atoms with E-state index >= 15 is 0 Å². The Morgan fingerprint density at radius 2 is 1.73 bits per heavy atom. The number of amides is 1. The van der Waals surface area contributed by atoms with E-state index in [4.69, 9.17) is 0 Å². The zero-order chi connectivity index (χ0) is 15.4. The van der Waals surface area contributed by atoms with E-state index in [2.05, 4.69) is 5.32 Å². The van der Waals surface area contributed by atoms with Crippen LogP contribution in [0, 0.1) is 0 Å². The van der Waals surface area contributed by atoms with E-state index in [1.807, 2.05) is 53.9 Å². The van der Waals surface area contributed by atoms with Crippen LogP contribution in [0.25, 0.3) is 10.8 Å². The summed E-state index contributed by atoms with van der Waals surface area (Å²) < 4.78 is 0. The summed E-state index contributed by atoms with van der Waals surface area (Å²) in [4.78, 5) is 24.5. The number of nitrogens with one attached hydrogen (secondary N) is 1. The van der Waals surface area contributed by atoms with Crippen molar-refractivity contribution < 1.29 is 9.59 Å². The minimum absolute atomic E-state index is 0.0173. The largest absolute Gasteiger partial charge is 0.326 e. The number of thiophene rings is 1. The van der Waals surface area contributed by atoms with Gasteiger partial charge in [-0.05, 0) is 34.4 Å². The highest BCUT2D eigenvalue weighted by atomic mass is 32.1. The lowest BCUT2D eigenvalue weighted by Gasteiger charge is -2.06. The zero-order valence-electron chi connectivity index (χ0n) is 11.9. The number of fused-ring (bicyclic) bond motifs is 1. The molecule has 4 heteroatoms. The third-order valence-electron chi connectivity index (χ3n) is 3.41. The van der Waals surface area contributed by atoms with Gasteiger partial charge >= 0.3 is 0 Å². The maximum absolute atomic E-state index is 12.0. The van der Waals surface area contributed by atoms with Gasteiger partial charge in [0.15, 0.2) is 5.78 Å². The Kier molecular flexibility index (Phi) is 4.30. The number of rotatable bonds is 5. The lowest BCUT2D eigenvalue weighted by atomic mass is 10.1. The van der Waals surface area contributed by atoms with Gasteiger partial charge in [-0.15, -0.1) is 11.3 Å². The highest BCUT2D eigenvalue weighted by Crippen LogP contribution is 2.19. The van der Waals surface area contributed by atoms with Crippen LogP contribution in [-0.2, 0) is 4.79 Å². The van der Waals surface area contributed by atoms with Crippen LogP contribution < -0.4 is 5.32 Å². The summed E-state index contributed by atoms with van der Waals surface area (Å²) in [6.45, 7) is 0. The Morgan fingerprint density at radius 1 is 0.909 bits per heavy atom. The summed E-state index contributed by atoms with van der Waals surface area (Å²) in [7, 11) is 0. The minimum Gasteiger partial charge on any atom is -0.326 e. The Labute approximate surface area is 132 Å². The average Bonchev–Trinajstić information content (AvgIpc) is 3.07. The summed E-state index contributed by atoms with van der Waals surface area (Å²) >= 11 is 1.41. The van der Waals surface area contributed by atoms with E-state index in [0.29, 0.717) is 4.88 Å². The summed E-state index contributed by atoms with van der Waals surface area (Å²) in [6, 6.07) is 17.4. The molecule has 0 aliphatic heterocycles. The smallest absolute Gasteiger partial charge is 0.224 e. The first-order valence-electron chi connectivity index (χ1n) is 7.08. The van der Waals surface area contributed by atoms with Crippen molar-refractivity contribution in [3.8, 4) is 0 Å². The van der Waals surface area contributed by atoms with E-state index in [9.17, 15) is 9.59 Å². The number of ketones is 1. The molecule has 1 heterocycles. The number of benzene rings is 2. The molecule has 0 spiro atoms. The SMILES string of the molecule is O=C(CCC(=O)c1cccs1)Nc1ccc2ccccc2c1. The highest BCUT2D eigenvalue weighted by Gasteiger charge is 2.10. The van der Waals surface area contributed by atoms with Gasteiger partial charge in [0.25, 0.3) is 0 Å². The van der Waals surface area contributed by atoms with Gasteiger partial charge in [-0.3, -0.25) is 9.59 Å². The molecule has 22 heavy (non-hydrogen) atoms. The molecule has 0 fully saturated rings. The Balaban J connectivity index is 1.59. The molecule has 0 aliphatic rings. The Bertz CT molecular complexity index is 809. The van der Waals surface area contributed by atoms with Crippen molar-refractivity contribution >= 4 is 39.5 Å². The molecule has 0 atom stereocenters. The molecule has 0 saturated heterocycles. The van der Waals surface area contributed by atoms with Crippen LogP contribution in [0.2, 0.25) is 0 Å². The van der Waals surface area contributed by atoms with E-state index < -0.39 is 0 Å². The molecule has 1 N–H and O–H groups in total. The molecule has 3 aromatic rings. The molecule has 0 unspecified atom stereocenters. The molecule has 110 valence electrons. The fourth-order valence-corrected chi connectivity index (χ4v) is 2.97. The summed E-state index contributed by atoms with van der Waals surface area (Å²) in [5.74, 6) is -0.121. The normalized spacial score (nSPS) is 10.5. The van der Waals surface area contributed by atoms with Crippen LogP contribution in [0.4, 0.5) is 5.69 Å². The van der Waals surface area contributed by atoms with Crippen LogP contribution in [0.3, 0.4) is 0 Å². The highest BCUT2D eigenvalue weighted by molar-refractivity contribution is 7.12. The lowest BCUT2D eigenvalue weighted by molar-refractivity contribution is -0.116. The van der Waals surface area contributed by atoms with E-state index in [-0.39, 0.29) is 24.5 Å². The van der Waals surface area contributed by atoms with Crippen molar-refractivity contribution in [2.45, 2.75) is 12.8 Å². The van der Waals surface area contributed by atoms with E-state index in [0.717, 1.165) is 16.5 Å². The van der Waals surface area contributed by atoms with Crippen molar-refractivity contribution in [1.82, 2.24) is 0 Å². The third kappa shape index (κ3) is 3.40. The van der Waals surface area contributed by atoms with Crippen molar-refractivity contribution in [2.24, 2.45) is 0 Å².